The predicted molar refractivity (Wildman–Crippen MR) is 71.4 cm³/mol. The molecule has 2 aromatic carbocycles. The molecule has 2 aromatic rings. The van der Waals surface area contributed by atoms with Crippen molar-refractivity contribution in [1.29, 1.82) is 0 Å². The molecule has 0 amide bonds. The van der Waals surface area contributed by atoms with E-state index in [1.54, 1.807) is 6.07 Å². The van der Waals surface area contributed by atoms with Crippen LogP contribution in [0.4, 0.5) is 0 Å². The standard InChI is InChI=1S/C14H6Cl2O3/c15-7-3-1-2-6-10(7)14(19)12-9(17)5-4-8(16)11(12)13(6)18/h1-5,17H. The molecule has 0 saturated carbocycles. The Morgan fingerprint density at radius 2 is 1.47 bits per heavy atom. The molecule has 0 saturated heterocycles. The molecule has 1 aliphatic carbocycles. The second-order valence-electron chi connectivity index (χ2n) is 4.14. The molecule has 0 bridgehead atoms. The number of aromatic hydroxyl groups is 1. The molecule has 0 unspecified atom stereocenters. The highest BCUT2D eigenvalue weighted by Crippen LogP contribution is 2.38. The number of rotatable bonds is 0. The largest absolute Gasteiger partial charge is 0.507 e. The van der Waals surface area contributed by atoms with E-state index in [1.807, 2.05) is 0 Å². The number of hydrogen-bond acceptors (Lipinski definition) is 3. The molecule has 0 heterocycles. The Hall–Kier alpha value is -1.84. The molecule has 0 radical (unpaired) electrons. The Morgan fingerprint density at radius 3 is 2.21 bits per heavy atom. The first-order valence-corrected chi connectivity index (χ1v) is 6.17. The maximum atomic E-state index is 12.4. The molecular formula is C14H6Cl2O3. The van der Waals surface area contributed by atoms with E-state index in [0.717, 1.165) is 0 Å². The van der Waals surface area contributed by atoms with Gasteiger partial charge >= 0.3 is 0 Å². The van der Waals surface area contributed by atoms with Gasteiger partial charge in [0.25, 0.3) is 0 Å². The first kappa shape index (κ1) is 12.2. The first-order chi connectivity index (χ1) is 9.02. The van der Waals surface area contributed by atoms with Crippen molar-refractivity contribution in [3.8, 4) is 5.75 Å². The highest BCUT2D eigenvalue weighted by atomic mass is 35.5. The van der Waals surface area contributed by atoms with E-state index >= 15 is 0 Å². The van der Waals surface area contributed by atoms with Crippen molar-refractivity contribution >= 4 is 34.8 Å². The Labute approximate surface area is 118 Å². The topological polar surface area (TPSA) is 54.4 Å². The minimum atomic E-state index is -0.491. The van der Waals surface area contributed by atoms with E-state index in [0.29, 0.717) is 0 Å². The molecular weight excluding hydrogens is 287 g/mol. The zero-order valence-electron chi connectivity index (χ0n) is 9.41. The Balaban J connectivity index is 2.43. The van der Waals surface area contributed by atoms with Crippen LogP contribution in [0.15, 0.2) is 30.3 Å². The van der Waals surface area contributed by atoms with Crippen molar-refractivity contribution in [2.75, 3.05) is 0 Å². The number of phenols is 1. The summed E-state index contributed by atoms with van der Waals surface area (Å²) in [7, 11) is 0. The van der Waals surface area contributed by atoms with Crippen LogP contribution in [0.5, 0.6) is 5.75 Å². The molecule has 0 aliphatic heterocycles. The van der Waals surface area contributed by atoms with Gasteiger partial charge in [-0.25, -0.2) is 0 Å². The zero-order valence-corrected chi connectivity index (χ0v) is 10.9. The van der Waals surface area contributed by atoms with Crippen molar-refractivity contribution in [2.24, 2.45) is 0 Å². The van der Waals surface area contributed by atoms with Crippen molar-refractivity contribution in [3.63, 3.8) is 0 Å². The number of ketones is 2. The SMILES string of the molecule is O=C1c2c(Cl)cccc2C(=O)c2c(Cl)ccc(O)c21. The molecule has 0 atom stereocenters. The van der Waals surface area contributed by atoms with E-state index in [-0.39, 0.29) is 38.0 Å². The maximum Gasteiger partial charge on any atom is 0.199 e. The van der Waals surface area contributed by atoms with Gasteiger partial charge in [0.15, 0.2) is 11.6 Å². The van der Waals surface area contributed by atoms with Crippen LogP contribution in [0.3, 0.4) is 0 Å². The monoisotopic (exact) mass is 292 g/mol. The Bertz CT molecular complexity index is 751. The summed E-state index contributed by atoms with van der Waals surface area (Å²) < 4.78 is 0. The minimum Gasteiger partial charge on any atom is -0.507 e. The van der Waals surface area contributed by atoms with Gasteiger partial charge in [0.05, 0.1) is 26.7 Å². The van der Waals surface area contributed by atoms with Crippen LogP contribution >= 0.6 is 23.2 Å². The number of fused-ring (bicyclic) bond motifs is 2. The summed E-state index contributed by atoms with van der Waals surface area (Å²) in [6.45, 7) is 0. The van der Waals surface area contributed by atoms with E-state index in [1.165, 1.54) is 24.3 Å². The van der Waals surface area contributed by atoms with Gasteiger partial charge in [0.1, 0.15) is 5.75 Å². The molecule has 94 valence electrons. The van der Waals surface area contributed by atoms with Crippen LogP contribution in [0.2, 0.25) is 10.0 Å². The normalized spacial score (nSPS) is 13.2. The molecule has 19 heavy (non-hydrogen) atoms. The van der Waals surface area contributed by atoms with Crippen LogP contribution in [-0.4, -0.2) is 16.7 Å². The van der Waals surface area contributed by atoms with Crippen LogP contribution in [-0.2, 0) is 0 Å². The predicted octanol–water partition coefficient (Wildman–Crippen LogP) is 3.47. The van der Waals surface area contributed by atoms with Crippen molar-refractivity contribution in [1.82, 2.24) is 0 Å². The van der Waals surface area contributed by atoms with Gasteiger partial charge in [0.2, 0.25) is 0 Å². The molecule has 0 fully saturated rings. The molecule has 1 aliphatic rings. The van der Waals surface area contributed by atoms with Gasteiger partial charge in [0, 0.05) is 5.56 Å². The fraction of sp³-hybridized carbons (Fsp3) is 0. The quantitative estimate of drug-likeness (QED) is 0.690. The summed E-state index contributed by atoms with van der Waals surface area (Å²) >= 11 is 11.9. The fourth-order valence-electron chi connectivity index (χ4n) is 2.22. The highest BCUT2D eigenvalue weighted by Gasteiger charge is 2.35. The Morgan fingerprint density at radius 1 is 0.789 bits per heavy atom. The van der Waals surface area contributed by atoms with Crippen molar-refractivity contribution in [2.45, 2.75) is 0 Å². The van der Waals surface area contributed by atoms with Crippen LogP contribution in [0.1, 0.15) is 31.8 Å². The smallest absolute Gasteiger partial charge is 0.199 e. The Kier molecular flexibility index (Phi) is 2.62. The molecule has 3 rings (SSSR count). The number of phenolic OH excluding ortho intramolecular Hbond substituents is 1. The van der Waals surface area contributed by atoms with E-state index in [4.69, 9.17) is 23.2 Å². The van der Waals surface area contributed by atoms with Crippen molar-refractivity contribution < 1.29 is 14.7 Å². The second kappa shape index (κ2) is 4.08. The molecule has 3 nitrogen and oxygen atoms in total. The number of halogens is 2. The van der Waals surface area contributed by atoms with Crippen LogP contribution < -0.4 is 0 Å². The molecule has 5 heteroatoms. The molecule has 0 spiro atoms. The highest BCUT2D eigenvalue weighted by molar-refractivity contribution is 6.42. The summed E-state index contributed by atoms with van der Waals surface area (Å²) in [5, 5.41) is 10.1. The molecule has 1 N–H and O–H groups in total. The third kappa shape index (κ3) is 1.59. The fourth-order valence-corrected chi connectivity index (χ4v) is 2.73. The van der Waals surface area contributed by atoms with E-state index in [9.17, 15) is 14.7 Å². The summed E-state index contributed by atoms with van der Waals surface area (Å²) in [6.07, 6.45) is 0. The van der Waals surface area contributed by atoms with Crippen LogP contribution in [0.25, 0.3) is 0 Å². The first-order valence-electron chi connectivity index (χ1n) is 5.41. The number of carbonyl (C=O) groups excluding carboxylic acids is 2. The van der Waals surface area contributed by atoms with E-state index in [2.05, 4.69) is 0 Å². The third-order valence-electron chi connectivity index (χ3n) is 3.07. The number of benzene rings is 2. The second-order valence-corrected chi connectivity index (χ2v) is 4.95. The molecule has 0 aromatic heterocycles. The number of hydrogen-bond donors (Lipinski definition) is 1. The van der Waals surface area contributed by atoms with Gasteiger partial charge < -0.3 is 5.11 Å². The van der Waals surface area contributed by atoms with E-state index < -0.39 is 11.6 Å². The number of carbonyl (C=O) groups is 2. The van der Waals surface area contributed by atoms with Crippen LogP contribution in [0, 0.1) is 0 Å². The average Bonchev–Trinajstić information content (AvgIpc) is 2.38. The summed E-state index contributed by atoms with van der Waals surface area (Å²) in [4.78, 5) is 24.8. The van der Waals surface area contributed by atoms with Crippen molar-refractivity contribution in [3.05, 3.63) is 62.6 Å². The lowest BCUT2D eigenvalue weighted by atomic mass is 9.83. The summed E-state index contributed by atoms with van der Waals surface area (Å²) in [5.41, 5.74) is 0.260. The van der Waals surface area contributed by atoms with Gasteiger partial charge in [-0.2, -0.15) is 0 Å². The average molecular weight is 293 g/mol. The van der Waals surface area contributed by atoms with Gasteiger partial charge in [-0.05, 0) is 18.2 Å². The van der Waals surface area contributed by atoms with Gasteiger partial charge in [-0.15, -0.1) is 0 Å². The lowest BCUT2D eigenvalue weighted by molar-refractivity contribution is 0.0977. The lowest BCUT2D eigenvalue weighted by Crippen LogP contribution is -2.21. The van der Waals surface area contributed by atoms with Gasteiger partial charge in [-0.1, -0.05) is 35.3 Å². The minimum absolute atomic E-state index is 0.0291. The summed E-state index contributed by atoms with van der Waals surface area (Å²) in [6, 6.07) is 7.31. The summed E-state index contributed by atoms with van der Waals surface area (Å²) in [5.74, 6) is -1.17. The third-order valence-corrected chi connectivity index (χ3v) is 3.70. The maximum absolute atomic E-state index is 12.4. The zero-order chi connectivity index (χ0) is 13.7. The van der Waals surface area contributed by atoms with Gasteiger partial charge in [-0.3, -0.25) is 9.59 Å². The lowest BCUT2D eigenvalue weighted by Gasteiger charge is -2.19.